The van der Waals surface area contributed by atoms with E-state index in [0.29, 0.717) is 6.04 Å². The third kappa shape index (κ3) is 2.40. The highest BCUT2D eigenvalue weighted by Crippen LogP contribution is 2.31. The first-order chi connectivity index (χ1) is 9.40. The molecule has 2 heterocycles. The fraction of sp³-hybridized carbons (Fsp3) is 0.333. The van der Waals surface area contributed by atoms with Crippen LogP contribution in [0.3, 0.4) is 0 Å². The van der Waals surface area contributed by atoms with Crippen molar-refractivity contribution >= 4 is 21.6 Å². The zero-order chi connectivity index (χ0) is 13.1. The third-order valence-electron chi connectivity index (χ3n) is 3.44. The van der Waals surface area contributed by atoms with Gasteiger partial charge in [-0.1, -0.05) is 38.0 Å². The van der Waals surface area contributed by atoms with Crippen molar-refractivity contribution in [3.63, 3.8) is 0 Å². The molecule has 0 saturated heterocycles. The summed E-state index contributed by atoms with van der Waals surface area (Å²) in [6.07, 6.45) is 9.29. The Morgan fingerprint density at radius 1 is 1.32 bits per heavy atom. The van der Waals surface area contributed by atoms with Gasteiger partial charge in [0.05, 0.1) is 22.8 Å². The van der Waals surface area contributed by atoms with Crippen LogP contribution < -0.4 is 0 Å². The smallest absolute Gasteiger partial charge is 0.0952 e. The van der Waals surface area contributed by atoms with Crippen molar-refractivity contribution in [1.29, 1.82) is 0 Å². The lowest BCUT2D eigenvalue weighted by Gasteiger charge is -2.16. The standard InChI is InChI=1S/C15H17N3S/c1-2-3-7-13(18-10-9-16-11-18)15-12-6-4-5-8-14(12)19-17-15/h4-6,8-11,13H,2-3,7H2,1H3. The van der Waals surface area contributed by atoms with E-state index < -0.39 is 0 Å². The summed E-state index contributed by atoms with van der Waals surface area (Å²) in [6.45, 7) is 2.23. The summed E-state index contributed by atoms with van der Waals surface area (Å²) in [5, 5.41) is 1.28. The van der Waals surface area contributed by atoms with E-state index >= 15 is 0 Å². The summed E-state index contributed by atoms with van der Waals surface area (Å²) in [5.74, 6) is 0. The van der Waals surface area contributed by atoms with Crippen molar-refractivity contribution in [3.05, 3.63) is 48.7 Å². The monoisotopic (exact) mass is 271 g/mol. The lowest BCUT2D eigenvalue weighted by molar-refractivity contribution is 0.510. The lowest BCUT2D eigenvalue weighted by Crippen LogP contribution is -2.09. The van der Waals surface area contributed by atoms with Crippen molar-refractivity contribution in [2.24, 2.45) is 0 Å². The molecule has 1 aromatic carbocycles. The minimum Gasteiger partial charge on any atom is -0.328 e. The van der Waals surface area contributed by atoms with Crippen LogP contribution in [0.15, 0.2) is 43.0 Å². The summed E-state index contributed by atoms with van der Waals surface area (Å²) < 4.78 is 8.14. The number of fused-ring (bicyclic) bond motifs is 1. The summed E-state index contributed by atoms with van der Waals surface area (Å²) in [6, 6.07) is 8.78. The van der Waals surface area contributed by atoms with Crippen LogP contribution in [0, 0.1) is 0 Å². The van der Waals surface area contributed by atoms with Gasteiger partial charge in [0.2, 0.25) is 0 Å². The summed E-state index contributed by atoms with van der Waals surface area (Å²) in [4.78, 5) is 4.18. The van der Waals surface area contributed by atoms with Gasteiger partial charge in [0.15, 0.2) is 0 Å². The Morgan fingerprint density at radius 2 is 2.21 bits per heavy atom. The minimum atomic E-state index is 0.304. The predicted octanol–water partition coefficient (Wildman–Crippen LogP) is 4.27. The molecule has 4 heteroatoms. The number of aromatic nitrogens is 3. The molecule has 0 fully saturated rings. The maximum atomic E-state index is 4.70. The second kappa shape index (κ2) is 5.53. The Kier molecular flexibility index (Phi) is 3.60. The topological polar surface area (TPSA) is 30.7 Å². The highest BCUT2D eigenvalue weighted by atomic mass is 32.1. The fourth-order valence-corrected chi connectivity index (χ4v) is 3.25. The van der Waals surface area contributed by atoms with Gasteiger partial charge < -0.3 is 4.57 Å². The minimum absolute atomic E-state index is 0.304. The van der Waals surface area contributed by atoms with E-state index in [1.54, 1.807) is 11.5 Å². The highest BCUT2D eigenvalue weighted by Gasteiger charge is 2.18. The number of imidazole rings is 1. The normalized spacial score (nSPS) is 12.9. The third-order valence-corrected chi connectivity index (χ3v) is 4.28. The van der Waals surface area contributed by atoms with Gasteiger partial charge in [0, 0.05) is 17.8 Å². The molecule has 2 aromatic heterocycles. The molecule has 1 unspecified atom stereocenters. The molecule has 0 radical (unpaired) electrons. The lowest BCUT2D eigenvalue weighted by atomic mass is 10.0. The Bertz CT molecular complexity index is 642. The molecular formula is C15H17N3S. The van der Waals surface area contributed by atoms with Crippen LogP contribution in [-0.4, -0.2) is 13.9 Å². The Balaban J connectivity index is 2.03. The molecule has 0 saturated carbocycles. The predicted molar refractivity (Wildman–Crippen MR) is 79.5 cm³/mol. The molecule has 0 spiro atoms. The van der Waals surface area contributed by atoms with Gasteiger partial charge in [0.25, 0.3) is 0 Å². The van der Waals surface area contributed by atoms with Crippen molar-refractivity contribution in [3.8, 4) is 0 Å². The van der Waals surface area contributed by atoms with Crippen LogP contribution in [0.5, 0.6) is 0 Å². The Hall–Kier alpha value is -1.68. The van der Waals surface area contributed by atoms with Crippen LogP contribution >= 0.6 is 11.5 Å². The van der Waals surface area contributed by atoms with Crippen molar-refractivity contribution in [2.75, 3.05) is 0 Å². The molecular weight excluding hydrogens is 254 g/mol. The quantitative estimate of drug-likeness (QED) is 0.693. The van der Waals surface area contributed by atoms with Crippen LogP contribution in [0.2, 0.25) is 0 Å². The largest absolute Gasteiger partial charge is 0.328 e. The van der Waals surface area contributed by atoms with Gasteiger partial charge in [0.1, 0.15) is 0 Å². The van der Waals surface area contributed by atoms with Gasteiger partial charge >= 0.3 is 0 Å². The average Bonchev–Trinajstić information content (AvgIpc) is 3.09. The summed E-state index contributed by atoms with van der Waals surface area (Å²) >= 11 is 1.59. The first-order valence-corrected chi connectivity index (χ1v) is 7.49. The van der Waals surface area contributed by atoms with Crippen molar-refractivity contribution in [1.82, 2.24) is 13.9 Å². The van der Waals surface area contributed by atoms with Crippen LogP contribution in [0.1, 0.15) is 37.9 Å². The molecule has 0 aliphatic carbocycles. The molecule has 0 aliphatic heterocycles. The van der Waals surface area contributed by atoms with E-state index in [1.165, 1.54) is 28.6 Å². The number of hydrogen-bond donors (Lipinski definition) is 0. The summed E-state index contributed by atoms with van der Waals surface area (Å²) in [5.41, 5.74) is 1.19. The van der Waals surface area contributed by atoms with E-state index in [4.69, 9.17) is 4.37 Å². The van der Waals surface area contributed by atoms with Gasteiger partial charge in [-0.05, 0) is 24.0 Å². The molecule has 19 heavy (non-hydrogen) atoms. The van der Waals surface area contributed by atoms with Crippen molar-refractivity contribution in [2.45, 2.75) is 32.2 Å². The van der Waals surface area contributed by atoms with Gasteiger partial charge in [-0.3, -0.25) is 0 Å². The van der Waals surface area contributed by atoms with Gasteiger partial charge in [-0.25, -0.2) is 4.98 Å². The molecule has 98 valence electrons. The molecule has 0 bridgehead atoms. The maximum Gasteiger partial charge on any atom is 0.0952 e. The number of nitrogens with zero attached hydrogens (tertiary/aromatic N) is 3. The zero-order valence-electron chi connectivity index (χ0n) is 11.0. The van der Waals surface area contributed by atoms with Crippen LogP contribution in [-0.2, 0) is 0 Å². The molecule has 3 aromatic rings. The van der Waals surface area contributed by atoms with E-state index in [1.807, 2.05) is 18.7 Å². The Labute approximate surface area is 117 Å². The molecule has 0 aliphatic rings. The van der Waals surface area contributed by atoms with Crippen LogP contribution in [0.25, 0.3) is 10.1 Å². The molecule has 0 N–H and O–H groups in total. The van der Waals surface area contributed by atoms with E-state index in [2.05, 4.69) is 40.7 Å². The first kappa shape index (κ1) is 12.4. The SMILES string of the molecule is CCCCC(c1nsc2ccccc12)n1ccnc1. The van der Waals surface area contributed by atoms with Gasteiger partial charge in [-0.15, -0.1) is 0 Å². The van der Waals surface area contributed by atoms with E-state index in [9.17, 15) is 0 Å². The first-order valence-electron chi connectivity index (χ1n) is 6.72. The average molecular weight is 271 g/mol. The Morgan fingerprint density at radius 3 is 3.00 bits per heavy atom. The molecule has 3 nitrogen and oxygen atoms in total. The van der Waals surface area contributed by atoms with Gasteiger partial charge in [-0.2, -0.15) is 4.37 Å². The van der Waals surface area contributed by atoms with Crippen molar-refractivity contribution < 1.29 is 0 Å². The maximum absolute atomic E-state index is 4.70. The fourth-order valence-electron chi connectivity index (χ4n) is 2.42. The summed E-state index contributed by atoms with van der Waals surface area (Å²) in [7, 11) is 0. The van der Waals surface area contributed by atoms with E-state index in [-0.39, 0.29) is 0 Å². The highest BCUT2D eigenvalue weighted by molar-refractivity contribution is 7.13. The number of hydrogen-bond acceptors (Lipinski definition) is 3. The van der Waals surface area contributed by atoms with Crippen LogP contribution in [0.4, 0.5) is 0 Å². The number of rotatable bonds is 5. The second-order valence-corrected chi connectivity index (χ2v) is 5.54. The number of unbranched alkanes of at least 4 members (excludes halogenated alkanes) is 1. The second-order valence-electron chi connectivity index (χ2n) is 4.73. The molecule has 0 amide bonds. The van der Waals surface area contributed by atoms with E-state index in [0.717, 1.165) is 6.42 Å². The zero-order valence-corrected chi connectivity index (χ0v) is 11.8. The molecule has 3 rings (SSSR count). The molecule has 1 atom stereocenters. The number of benzene rings is 1.